The minimum Gasteiger partial charge on any atom is -0.486 e. The summed E-state index contributed by atoms with van der Waals surface area (Å²) in [6, 6.07) is 13.6. The van der Waals surface area contributed by atoms with Gasteiger partial charge in [-0.2, -0.15) is 0 Å². The monoisotopic (exact) mass is 477 g/mol. The summed E-state index contributed by atoms with van der Waals surface area (Å²) in [5.74, 6) is 0.735. The summed E-state index contributed by atoms with van der Waals surface area (Å²) in [5, 5.41) is 3.80. The number of thiazole rings is 1. The molecule has 1 saturated carbocycles. The van der Waals surface area contributed by atoms with Gasteiger partial charge in [0, 0.05) is 19.1 Å². The fourth-order valence-electron chi connectivity index (χ4n) is 4.08. The smallest absolute Gasteiger partial charge is 0.274 e. The van der Waals surface area contributed by atoms with Gasteiger partial charge in [0.25, 0.3) is 11.8 Å². The average molecular weight is 478 g/mol. The van der Waals surface area contributed by atoms with E-state index in [2.05, 4.69) is 10.3 Å². The van der Waals surface area contributed by atoms with Gasteiger partial charge in [-0.15, -0.1) is 11.3 Å². The van der Waals surface area contributed by atoms with Gasteiger partial charge in [-0.25, -0.2) is 4.98 Å². The van der Waals surface area contributed by atoms with E-state index in [-0.39, 0.29) is 17.9 Å². The maximum atomic E-state index is 13.6. The molecule has 0 bridgehead atoms. The van der Waals surface area contributed by atoms with Crippen LogP contribution in [0.15, 0.2) is 42.5 Å². The van der Waals surface area contributed by atoms with Crippen molar-refractivity contribution < 1.29 is 19.1 Å². The number of ether oxygens (including phenoxy) is 2. The Hall–Kier alpha value is -3.39. The van der Waals surface area contributed by atoms with Crippen LogP contribution < -0.4 is 14.8 Å². The van der Waals surface area contributed by atoms with E-state index in [0.29, 0.717) is 49.1 Å². The molecule has 7 nitrogen and oxygen atoms in total. The van der Waals surface area contributed by atoms with Crippen LogP contribution in [0, 0.1) is 13.8 Å². The Morgan fingerprint density at radius 3 is 2.62 bits per heavy atom. The second-order valence-corrected chi connectivity index (χ2v) is 9.80. The zero-order chi connectivity index (χ0) is 23.7. The van der Waals surface area contributed by atoms with Gasteiger partial charge in [-0.05, 0) is 44.4 Å². The molecule has 176 valence electrons. The summed E-state index contributed by atoms with van der Waals surface area (Å²) in [4.78, 5) is 33.7. The minimum atomic E-state index is -0.240. The van der Waals surface area contributed by atoms with E-state index in [0.717, 1.165) is 28.3 Å². The molecule has 0 radical (unpaired) electrons. The molecule has 0 saturated heterocycles. The van der Waals surface area contributed by atoms with Crippen LogP contribution in [-0.4, -0.2) is 54.0 Å². The summed E-state index contributed by atoms with van der Waals surface area (Å²) >= 11 is 1.54. The van der Waals surface area contributed by atoms with Gasteiger partial charge in [-0.3, -0.25) is 9.59 Å². The molecular formula is C26H27N3O4S. The molecule has 3 aromatic rings. The maximum absolute atomic E-state index is 13.6. The molecule has 0 atom stereocenters. The van der Waals surface area contributed by atoms with E-state index in [4.69, 9.17) is 9.47 Å². The van der Waals surface area contributed by atoms with Crippen LogP contribution in [0.4, 0.5) is 0 Å². The SMILES string of the molecule is Cc1ccc(-c2sc(C)nc2C(=O)N(CCNC(=O)c2cccc3c2OCCO3)C2CC2)cc1. The van der Waals surface area contributed by atoms with Gasteiger partial charge in [0.1, 0.15) is 18.9 Å². The number of nitrogens with one attached hydrogen (secondary N) is 1. The lowest BCUT2D eigenvalue weighted by Gasteiger charge is -2.23. The zero-order valence-electron chi connectivity index (χ0n) is 19.3. The van der Waals surface area contributed by atoms with E-state index < -0.39 is 0 Å². The van der Waals surface area contributed by atoms with Crippen molar-refractivity contribution in [3.05, 3.63) is 64.3 Å². The van der Waals surface area contributed by atoms with E-state index in [9.17, 15) is 9.59 Å². The molecule has 2 aliphatic rings. The highest BCUT2D eigenvalue weighted by atomic mass is 32.1. The Kier molecular flexibility index (Phi) is 6.24. The first-order valence-corrected chi connectivity index (χ1v) is 12.3. The summed E-state index contributed by atoms with van der Waals surface area (Å²) in [6.07, 6.45) is 1.94. The van der Waals surface area contributed by atoms with Crippen LogP contribution in [0.25, 0.3) is 10.4 Å². The third-order valence-corrected chi connectivity index (χ3v) is 6.97. The molecule has 8 heteroatoms. The van der Waals surface area contributed by atoms with Crippen molar-refractivity contribution in [3.63, 3.8) is 0 Å². The number of hydrogen-bond donors (Lipinski definition) is 1. The lowest BCUT2D eigenvalue weighted by Crippen LogP contribution is -2.40. The Morgan fingerprint density at radius 2 is 1.85 bits per heavy atom. The number of rotatable bonds is 7. The van der Waals surface area contributed by atoms with Crippen LogP contribution in [-0.2, 0) is 0 Å². The standard InChI is InChI=1S/C26H27N3O4S/c1-16-6-8-18(9-7-16)24-22(28-17(2)34-24)26(31)29(19-10-11-19)13-12-27-25(30)20-4-3-5-21-23(20)33-15-14-32-21/h3-9,19H,10-15H2,1-2H3,(H,27,30). The van der Waals surface area contributed by atoms with Crippen molar-refractivity contribution in [2.24, 2.45) is 0 Å². The molecule has 2 heterocycles. The molecule has 1 aliphatic heterocycles. The first kappa shape index (κ1) is 22.4. The molecule has 34 heavy (non-hydrogen) atoms. The van der Waals surface area contributed by atoms with Gasteiger partial charge >= 0.3 is 0 Å². The van der Waals surface area contributed by atoms with Gasteiger partial charge in [0.2, 0.25) is 0 Å². The van der Waals surface area contributed by atoms with Crippen molar-refractivity contribution in [1.82, 2.24) is 15.2 Å². The van der Waals surface area contributed by atoms with Crippen LogP contribution >= 0.6 is 11.3 Å². The molecule has 1 aromatic heterocycles. The molecule has 2 aromatic carbocycles. The Bertz CT molecular complexity index is 1220. The van der Waals surface area contributed by atoms with Crippen molar-refractivity contribution in [1.29, 1.82) is 0 Å². The highest BCUT2D eigenvalue weighted by Gasteiger charge is 2.35. The van der Waals surface area contributed by atoms with Crippen molar-refractivity contribution in [3.8, 4) is 21.9 Å². The molecule has 2 amide bonds. The number of nitrogens with zero attached hydrogens (tertiary/aromatic N) is 2. The number of benzene rings is 2. The zero-order valence-corrected chi connectivity index (χ0v) is 20.1. The molecule has 1 aliphatic carbocycles. The van der Waals surface area contributed by atoms with Gasteiger partial charge < -0.3 is 19.7 Å². The second kappa shape index (κ2) is 9.46. The Balaban J connectivity index is 1.29. The summed E-state index contributed by atoms with van der Waals surface area (Å²) in [7, 11) is 0. The summed E-state index contributed by atoms with van der Waals surface area (Å²) < 4.78 is 11.2. The van der Waals surface area contributed by atoms with E-state index >= 15 is 0 Å². The fraction of sp³-hybridized carbons (Fsp3) is 0.346. The fourth-order valence-corrected chi connectivity index (χ4v) is 5.00. The second-order valence-electron chi connectivity index (χ2n) is 8.59. The van der Waals surface area contributed by atoms with Gasteiger partial charge in [-0.1, -0.05) is 35.9 Å². The number of para-hydroxylation sites is 1. The molecule has 1 N–H and O–H groups in total. The predicted octanol–water partition coefficient (Wildman–Crippen LogP) is 4.23. The van der Waals surface area contributed by atoms with Crippen molar-refractivity contribution in [2.45, 2.75) is 32.7 Å². The molecule has 0 unspecified atom stereocenters. The number of carbonyl (C=O) groups is 2. The Morgan fingerprint density at radius 1 is 1.09 bits per heavy atom. The van der Waals surface area contributed by atoms with Crippen LogP contribution in [0.2, 0.25) is 0 Å². The highest BCUT2D eigenvalue weighted by molar-refractivity contribution is 7.15. The highest BCUT2D eigenvalue weighted by Crippen LogP contribution is 2.35. The topological polar surface area (TPSA) is 80.8 Å². The van der Waals surface area contributed by atoms with Crippen molar-refractivity contribution in [2.75, 3.05) is 26.3 Å². The van der Waals surface area contributed by atoms with Crippen LogP contribution in [0.1, 0.15) is 44.3 Å². The third-order valence-electron chi connectivity index (χ3n) is 5.95. The van der Waals surface area contributed by atoms with Gasteiger partial charge in [0.15, 0.2) is 11.5 Å². The first-order valence-electron chi connectivity index (χ1n) is 11.5. The largest absolute Gasteiger partial charge is 0.486 e. The first-order chi connectivity index (χ1) is 16.5. The van der Waals surface area contributed by atoms with Crippen LogP contribution in [0.3, 0.4) is 0 Å². The van der Waals surface area contributed by atoms with Crippen molar-refractivity contribution >= 4 is 23.2 Å². The number of aryl methyl sites for hydroxylation is 2. The lowest BCUT2D eigenvalue weighted by molar-refractivity contribution is 0.0731. The van der Waals surface area contributed by atoms with E-state index in [1.165, 1.54) is 16.9 Å². The summed E-state index contributed by atoms with van der Waals surface area (Å²) in [5.41, 5.74) is 3.11. The normalized spacial score (nSPS) is 14.5. The number of aromatic nitrogens is 1. The van der Waals surface area contributed by atoms with Gasteiger partial charge in [0.05, 0.1) is 15.4 Å². The molecule has 1 fully saturated rings. The summed E-state index contributed by atoms with van der Waals surface area (Å²) in [6.45, 7) is 5.61. The quantitative estimate of drug-likeness (QED) is 0.551. The van der Waals surface area contributed by atoms with Crippen LogP contribution in [0.5, 0.6) is 11.5 Å². The van der Waals surface area contributed by atoms with E-state index in [1.54, 1.807) is 18.2 Å². The molecule has 0 spiro atoms. The third kappa shape index (κ3) is 4.63. The molecular weight excluding hydrogens is 450 g/mol. The lowest BCUT2D eigenvalue weighted by atomic mass is 10.1. The number of amides is 2. The number of carbonyl (C=O) groups excluding carboxylic acids is 2. The average Bonchev–Trinajstić information content (AvgIpc) is 3.62. The maximum Gasteiger partial charge on any atom is 0.274 e. The number of fused-ring (bicyclic) bond motifs is 1. The number of hydrogen-bond acceptors (Lipinski definition) is 6. The predicted molar refractivity (Wildman–Crippen MR) is 131 cm³/mol. The minimum absolute atomic E-state index is 0.0782. The molecule has 5 rings (SSSR count). The Labute approximate surface area is 202 Å². The van der Waals surface area contributed by atoms with E-state index in [1.807, 2.05) is 43.0 Å².